The largest absolute Gasteiger partial charge is 0.460 e. The zero-order valence-corrected chi connectivity index (χ0v) is 29.2. The van der Waals surface area contributed by atoms with Gasteiger partial charge in [0, 0.05) is 58.0 Å². The number of hydrogen-bond donors (Lipinski definition) is 0. The van der Waals surface area contributed by atoms with Gasteiger partial charge in [0.2, 0.25) is 0 Å². The molecule has 252 valence electrons. The number of anilines is 1. The Morgan fingerprint density at radius 3 is 2.23 bits per heavy atom. The van der Waals surface area contributed by atoms with Gasteiger partial charge in [0.1, 0.15) is 11.3 Å². The van der Waals surface area contributed by atoms with Crippen LogP contribution in [-0.4, -0.2) is 17.3 Å². The molecule has 0 bridgehead atoms. The highest BCUT2D eigenvalue weighted by atomic mass is 16.3. The van der Waals surface area contributed by atoms with Crippen LogP contribution >= 0.6 is 0 Å². The summed E-state index contributed by atoms with van der Waals surface area (Å²) in [4.78, 5) is 6.96. The molecule has 0 amide bonds. The fourth-order valence-corrected chi connectivity index (χ4v) is 8.72. The van der Waals surface area contributed by atoms with E-state index < -0.39 is 0 Å². The summed E-state index contributed by atoms with van der Waals surface area (Å²) in [6, 6.07) is 46.6. The van der Waals surface area contributed by atoms with Crippen molar-refractivity contribution in [2.45, 2.75) is 19.4 Å². The summed E-state index contributed by atoms with van der Waals surface area (Å²) in [5.74, 6) is 1.00. The van der Waals surface area contributed by atoms with Crippen molar-refractivity contribution < 1.29 is 4.42 Å². The minimum atomic E-state index is 0.670. The third kappa shape index (κ3) is 4.87. The predicted molar refractivity (Wildman–Crippen MR) is 220 cm³/mol. The molecule has 0 saturated carbocycles. The van der Waals surface area contributed by atoms with Crippen LogP contribution in [0.5, 0.6) is 0 Å². The molecule has 11 rings (SSSR count). The van der Waals surface area contributed by atoms with Crippen molar-refractivity contribution in [2.24, 2.45) is 4.99 Å². The summed E-state index contributed by atoms with van der Waals surface area (Å²) in [5, 5.41) is 3.73. The second-order valence-electron chi connectivity index (χ2n) is 14.2. The molecule has 2 aliphatic carbocycles. The smallest absolute Gasteiger partial charge is 0.135 e. The second kappa shape index (κ2) is 12.0. The molecular formula is C49H35N3O. The minimum Gasteiger partial charge on any atom is -0.460 e. The molecule has 0 radical (unpaired) electrons. The number of furan rings is 1. The van der Waals surface area contributed by atoms with Gasteiger partial charge in [-0.1, -0.05) is 97.1 Å². The maximum atomic E-state index is 6.60. The third-order valence-corrected chi connectivity index (χ3v) is 11.2. The van der Waals surface area contributed by atoms with Gasteiger partial charge in [-0.15, -0.1) is 0 Å². The molecule has 2 aromatic heterocycles. The van der Waals surface area contributed by atoms with Crippen LogP contribution < -0.4 is 4.90 Å². The van der Waals surface area contributed by atoms with E-state index in [4.69, 9.17) is 4.42 Å². The summed E-state index contributed by atoms with van der Waals surface area (Å²) >= 11 is 0. The number of aliphatic imine (C=N–C) groups is 1. The lowest BCUT2D eigenvalue weighted by atomic mass is 9.98. The monoisotopic (exact) mass is 681 g/mol. The number of benzene rings is 6. The van der Waals surface area contributed by atoms with Crippen molar-refractivity contribution in [1.82, 2.24) is 4.57 Å². The van der Waals surface area contributed by atoms with E-state index in [1.165, 1.54) is 77.8 Å². The molecule has 0 spiro atoms. The Hall–Kier alpha value is -6.65. The molecule has 8 aromatic rings. The first-order valence-electron chi connectivity index (χ1n) is 18.5. The highest BCUT2D eigenvalue weighted by molar-refractivity contribution is 6.09. The lowest BCUT2D eigenvalue weighted by Gasteiger charge is -2.26. The summed E-state index contributed by atoms with van der Waals surface area (Å²) in [6.45, 7) is 1.45. The van der Waals surface area contributed by atoms with E-state index >= 15 is 0 Å². The minimum absolute atomic E-state index is 0.670. The maximum Gasteiger partial charge on any atom is 0.135 e. The summed E-state index contributed by atoms with van der Waals surface area (Å²) < 4.78 is 9.02. The highest BCUT2D eigenvalue weighted by Gasteiger charge is 2.22. The molecule has 4 nitrogen and oxygen atoms in total. The zero-order valence-electron chi connectivity index (χ0n) is 29.2. The van der Waals surface area contributed by atoms with E-state index in [0.29, 0.717) is 6.54 Å². The molecule has 3 heterocycles. The van der Waals surface area contributed by atoms with Gasteiger partial charge in [0.15, 0.2) is 0 Å². The molecule has 6 aromatic carbocycles. The zero-order chi connectivity index (χ0) is 34.9. The first-order chi connectivity index (χ1) is 26.3. The summed E-state index contributed by atoms with van der Waals surface area (Å²) in [5.41, 5.74) is 17.2. The Balaban J connectivity index is 0.889. The van der Waals surface area contributed by atoms with Crippen LogP contribution in [0.15, 0.2) is 167 Å². The van der Waals surface area contributed by atoms with E-state index in [0.717, 1.165) is 41.7 Å². The van der Waals surface area contributed by atoms with E-state index in [9.17, 15) is 0 Å². The molecule has 4 heteroatoms. The lowest BCUT2D eigenvalue weighted by molar-refractivity contribution is 0.564. The third-order valence-electron chi connectivity index (χ3n) is 11.2. The van der Waals surface area contributed by atoms with E-state index in [1.54, 1.807) is 0 Å². The first kappa shape index (κ1) is 30.0. The molecule has 0 N–H and O–H groups in total. The van der Waals surface area contributed by atoms with Crippen LogP contribution in [0.25, 0.3) is 66.8 Å². The standard InChI is InChI=1S/C49H35N3O/c1-4-12-45-34(9-1)31-50-25-7-8-26-51(45)37-17-23-43-44-21-16-33(30-49(44)53-48(43)24-19-37)32-15-20-39-35(27-32)28-36-29-38(18-22-40(36)39)52-46-13-5-2-10-41(46)42-11-3-6-14-47(42)52/h1-23,25,27,29-30H,24,26,28,31H2/b8-7-,50-25-. The van der Waals surface area contributed by atoms with Gasteiger partial charge >= 0.3 is 0 Å². The van der Waals surface area contributed by atoms with E-state index in [-0.39, 0.29) is 0 Å². The SMILES string of the molecule is C1=Cc2c(oc3cc(-c4ccc5c(c4)Cc4cc(-n6c7ccccc7c7ccccc76)ccc4-5)ccc23)CC=C1N1C/C=C\C=N/Cc2ccccc21. The van der Waals surface area contributed by atoms with Crippen LogP contribution in [0.3, 0.4) is 0 Å². The maximum absolute atomic E-state index is 6.60. The number of aromatic nitrogens is 1. The average Bonchev–Trinajstić information content (AvgIpc) is 3.83. The molecule has 0 saturated heterocycles. The molecule has 1 aliphatic heterocycles. The molecule has 3 aliphatic rings. The normalized spacial score (nSPS) is 15.9. The van der Waals surface area contributed by atoms with Gasteiger partial charge in [-0.05, 0) is 106 Å². The van der Waals surface area contributed by atoms with Gasteiger partial charge in [-0.2, -0.15) is 0 Å². The van der Waals surface area contributed by atoms with Crippen LogP contribution in [-0.2, 0) is 19.4 Å². The Labute approximate surface area is 308 Å². The molecule has 0 atom stereocenters. The van der Waals surface area contributed by atoms with Crippen LogP contribution in [0, 0.1) is 0 Å². The van der Waals surface area contributed by atoms with Gasteiger partial charge in [-0.25, -0.2) is 0 Å². The molecule has 0 unspecified atom stereocenters. The fraction of sp³-hybridized carbons (Fsp3) is 0.0816. The van der Waals surface area contributed by atoms with Crippen molar-refractivity contribution in [1.29, 1.82) is 0 Å². The number of nitrogens with zero attached hydrogens (tertiary/aromatic N) is 3. The molecule has 0 fully saturated rings. The Morgan fingerprint density at radius 2 is 1.36 bits per heavy atom. The van der Waals surface area contributed by atoms with Crippen LogP contribution in [0.2, 0.25) is 0 Å². The predicted octanol–water partition coefficient (Wildman–Crippen LogP) is 11.9. The Morgan fingerprint density at radius 1 is 0.623 bits per heavy atom. The van der Waals surface area contributed by atoms with E-state index in [2.05, 4.69) is 166 Å². The van der Waals surface area contributed by atoms with E-state index in [1.807, 2.05) is 12.3 Å². The Bertz CT molecular complexity index is 2860. The Kier molecular flexibility index (Phi) is 6.78. The number of allylic oxidation sites excluding steroid dienone is 3. The van der Waals surface area contributed by atoms with Crippen molar-refractivity contribution in [2.75, 3.05) is 11.4 Å². The van der Waals surface area contributed by atoms with Gasteiger partial charge in [0.25, 0.3) is 0 Å². The number of fused-ring (bicyclic) bond motifs is 10. The number of hydrogen-bond acceptors (Lipinski definition) is 3. The second-order valence-corrected chi connectivity index (χ2v) is 14.2. The van der Waals surface area contributed by atoms with Crippen LogP contribution in [0.1, 0.15) is 28.0 Å². The number of rotatable bonds is 3. The quantitative estimate of drug-likeness (QED) is 0.186. The average molecular weight is 682 g/mol. The van der Waals surface area contributed by atoms with Crippen molar-refractivity contribution in [3.63, 3.8) is 0 Å². The fourth-order valence-electron chi connectivity index (χ4n) is 8.72. The van der Waals surface area contributed by atoms with Crippen molar-refractivity contribution in [3.05, 3.63) is 185 Å². The number of para-hydroxylation sites is 3. The van der Waals surface area contributed by atoms with Crippen LogP contribution in [0.4, 0.5) is 5.69 Å². The summed E-state index contributed by atoms with van der Waals surface area (Å²) in [7, 11) is 0. The van der Waals surface area contributed by atoms with Crippen molar-refractivity contribution in [3.8, 4) is 27.9 Å². The van der Waals surface area contributed by atoms with Crippen molar-refractivity contribution >= 4 is 50.8 Å². The lowest BCUT2D eigenvalue weighted by Crippen LogP contribution is -2.22. The van der Waals surface area contributed by atoms with Gasteiger partial charge < -0.3 is 13.9 Å². The molecule has 53 heavy (non-hydrogen) atoms. The molecular weight excluding hydrogens is 647 g/mol. The first-order valence-corrected chi connectivity index (χ1v) is 18.5. The van der Waals surface area contributed by atoms with Gasteiger partial charge in [0.05, 0.1) is 17.6 Å². The topological polar surface area (TPSA) is 33.7 Å². The van der Waals surface area contributed by atoms with Gasteiger partial charge in [-0.3, -0.25) is 4.99 Å². The highest BCUT2D eigenvalue weighted by Crippen LogP contribution is 2.42. The summed E-state index contributed by atoms with van der Waals surface area (Å²) in [6.07, 6.45) is 14.5.